The number of fused-ring (bicyclic) bond motifs is 1. The molecule has 1 atom stereocenters. The van der Waals surface area contributed by atoms with Crippen molar-refractivity contribution in [1.82, 2.24) is 0 Å². The van der Waals surface area contributed by atoms with Crippen molar-refractivity contribution >= 4 is 16.9 Å². The Morgan fingerprint density at radius 3 is 2.33 bits per heavy atom. The molecule has 0 bridgehead atoms. The molecule has 0 radical (unpaired) electrons. The van der Waals surface area contributed by atoms with Gasteiger partial charge in [0.1, 0.15) is 35.3 Å². The zero-order valence-corrected chi connectivity index (χ0v) is 22.1. The second-order valence-corrected chi connectivity index (χ2v) is 11.0. The monoisotopic (exact) mass is 509 g/mol. The van der Waals surface area contributed by atoms with E-state index in [1.807, 2.05) is 48.5 Å². The van der Waals surface area contributed by atoms with Crippen LogP contribution in [0.1, 0.15) is 29.8 Å². The Bertz CT molecular complexity index is 1180. The van der Waals surface area contributed by atoms with E-state index in [4.69, 9.17) is 23.7 Å². The van der Waals surface area contributed by atoms with Gasteiger partial charge in [0.25, 0.3) is 0 Å². The maximum absolute atomic E-state index is 13.1. The average molecular weight is 510 g/mol. The van der Waals surface area contributed by atoms with E-state index < -0.39 is 10.9 Å². The number of carbonyl (C=O) groups excluding carboxylic acids is 1. The first kappa shape index (κ1) is 26.1. The summed E-state index contributed by atoms with van der Waals surface area (Å²) in [5.41, 5.74) is 1.31. The van der Waals surface area contributed by atoms with Crippen molar-refractivity contribution in [2.45, 2.75) is 40.6 Å². The van der Waals surface area contributed by atoms with Crippen LogP contribution in [0.4, 0.5) is 0 Å². The van der Waals surface area contributed by atoms with Gasteiger partial charge in [-0.05, 0) is 38.1 Å². The Morgan fingerprint density at radius 1 is 0.889 bits per heavy atom. The van der Waals surface area contributed by atoms with Crippen molar-refractivity contribution in [3.8, 4) is 11.5 Å². The highest BCUT2D eigenvalue weighted by Gasteiger charge is 2.39. The van der Waals surface area contributed by atoms with Crippen LogP contribution in [-0.2, 0) is 31.5 Å². The normalized spacial score (nSPS) is 14.6. The lowest BCUT2D eigenvalue weighted by Gasteiger charge is -2.18. The first-order chi connectivity index (χ1) is 17.4. The minimum atomic E-state index is -0.588. The number of hydrogen-bond donors (Lipinski definition) is 0. The van der Waals surface area contributed by atoms with Gasteiger partial charge in [0, 0.05) is 38.3 Å². The molecule has 0 spiro atoms. The molecular weight excluding hydrogens is 476 g/mol. The third-order valence-electron chi connectivity index (χ3n) is 5.71. The van der Waals surface area contributed by atoms with Crippen LogP contribution in [-0.4, -0.2) is 52.2 Å². The van der Waals surface area contributed by atoms with Crippen LogP contribution in [0.3, 0.4) is 0 Å². The second-order valence-electron chi connectivity index (χ2n) is 9.03. The first-order valence-electron chi connectivity index (χ1n) is 12.0. The molecule has 6 nitrogen and oxygen atoms in total. The van der Waals surface area contributed by atoms with Gasteiger partial charge in [-0.1, -0.05) is 30.3 Å². The summed E-state index contributed by atoms with van der Waals surface area (Å²) >= 11 is 0. The molecule has 0 saturated heterocycles. The van der Waals surface area contributed by atoms with E-state index in [9.17, 15) is 4.79 Å². The standard InChI is InChI=1S/C29H33O6S/c1-29(2)20-21-18-23(19-25(27(21)35-29)33-16-14-31-3)36(22-10-6-5-7-11-22)26-13-9-8-12-24(26)28(30)34-17-15-32-4/h5-13,18-19H,14-17,20H2,1-4H3/q+1. The zero-order chi connectivity index (χ0) is 25.5. The van der Waals surface area contributed by atoms with Crippen LogP contribution in [0.25, 0.3) is 0 Å². The van der Waals surface area contributed by atoms with Crippen molar-refractivity contribution in [2.75, 3.05) is 40.6 Å². The van der Waals surface area contributed by atoms with Crippen molar-refractivity contribution in [2.24, 2.45) is 0 Å². The molecule has 0 N–H and O–H groups in total. The van der Waals surface area contributed by atoms with E-state index in [0.717, 1.165) is 32.4 Å². The van der Waals surface area contributed by atoms with Gasteiger partial charge >= 0.3 is 5.97 Å². The topological polar surface area (TPSA) is 63.2 Å². The van der Waals surface area contributed by atoms with Gasteiger partial charge in [0.15, 0.2) is 26.2 Å². The Labute approximate surface area is 215 Å². The van der Waals surface area contributed by atoms with Gasteiger partial charge in [-0.15, -0.1) is 0 Å². The summed E-state index contributed by atoms with van der Waals surface area (Å²) in [4.78, 5) is 16.1. The molecule has 7 heteroatoms. The number of esters is 1. The summed E-state index contributed by atoms with van der Waals surface area (Å²) in [7, 11) is 2.65. The molecule has 36 heavy (non-hydrogen) atoms. The maximum atomic E-state index is 13.1. The minimum absolute atomic E-state index is 0.200. The fraction of sp³-hybridized carbons (Fsp3) is 0.345. The summed E-state index contributed by atoms with van der Waals surface area (Å²) in [6.45, 7) is 5.59. The van der Waals surface area contributed by atoms with E-state index in [-0.39, 0.29) is 18.2 Å². The molecule has 0 amide bonds. The second kappa shape index (κ2) is 11.8. The number of benzene rings is 3. The summed E-state index contributed by atoms with van der Waals surface area (Å²) in [6, 6.07) is 22.1. The van der Waals surface area contributed by atoms with Gasteiger partial charge < -0.3 is 23.7 Å². The van der Waals surface area contributed by atoms with Crippen LogP contribution in [0.2, 0.25) is 0 Å². The smallest absolute Gasteiger partial charge is 0.343 e. The predicted molar refractivity (Wildman–Crippen MR) is 139 cm³/mol. The van der Waals surface area contributed by atoms with Crippen LogP contribution < -0.4 is 9.47 Å². The third kappa shape index (κ3) is 6.03. The quantitative estimate of drug-likeness (QED) is 0.198. The first-order valence-corrected chi connectivity index (χ1v) is 13.2. The van der Waals surface area contributed by atoms with E-state index in [1.165, 1.54) is 0 Å². The van der Waals surface area contributed by atoms with Gasteiger partial charge in [-0.2, -0.15) is 0 Å². The molecule has 4 rings (SSSR count). The fourth-order valence-corrected chi connectivity index (χ4v) is 6.45. The van der Waals surface area contributed by atoms with Crippen molar-refractivity contribution in [1.29, 1.82) is 0 Å². The summed E-state index contributed by atoms with van der Waals surface area (Å²) < 4.78 is 28.2. The maximum Gasteiger partial charge on any atom is 0.343 e. The summed E-state index contributed by atoms with van der Waals surface area (Å²) in [5, 5.41) is 0. The highest BCUT2D eigenvalue weighted by atomic mass is 32.2. The number of methoxy groups -OCH3 is 2. The van der Waals surface area contributed by atoms with Gasteiger partial charge in [-0.25, -0.2) is 4.79 Å². The molecule has 190 valence electrons. The van der Waals surface area contributed by atoms with Gasteiger partial charge in [0.2, 0.25) is 0 Å². The SMILES string of the molecule is COCCOC(=O)c1ccccc1[S+](c1ccccc1)c1cc2c(c(OCCOC)c1)OC(C)(C)C2. The molecule has 1 aliphatic heterocycles. The number of ether oxygens (including phenoxy) is 5. The van der Waals surface area contributed by atoms with E-state index >= 15 is 0 Å². The van der Waals surface area contributed by atoms with E-state index in [1.54, 1.807) is 14.2 Å². The lowest BCUT2D eigenvalue weighted by molar-refractivity contribution is 0.0384. The molecule has 0 fully saturated rings. The predicted octanol–water partition coefficient (Wildman–Crippen LogP) is 5.32. The van der Waals surface area contributed by atoms with Crippen molar-refractivity contribution in [3.63, 3.8) is 0 Å². The lowest BCUT2D eigenvalue weighted by Crippen LogP contribution is -2.24. The Hall–Kier alpha value is -3.00. The highest BCUT2D eigenvalue weighted by molar-refractivity contribution is 7.97. The third-order valence-corrected chi connectivity index (χ3v) is 7.95. The van der Waals surface area contributed by atoms with Gasteiger partial charge in [-0.3, -0.25) is 0 Å². The van der Waals surface area contributed by atoms with E-state index in [2.05, 4.69) is 32.0 Å². The zero-order valence-electron chi connectivity index (χ0n) is 21.2. The molecular formula is C29H33O6S+. The highest BCUT2D eigenvalue weighted by Crippen LogP contribution is 2.46. The molecule has 3 aromatic rings. The fourth-order valence-electron chi connectivity index (χ4n) is 4.17. The molecule has 1 heterocycles. The van der Waals surface area contributed by atoms with E-state index in [0.29, 0.717) is 31.1 Å². The molecule has 3 aromatic carbocycles. The minimum Gasteiger partial charge on any atom is -0.487 e. The molecule has 1 unspecified atom stereocenters. The molecule has 0 saturated carbocycles. The van der Waals surface area contributed by atoms with Crippen LogP contribution in [0.15, 0.2) is 81.4 Å². The molecule has 1 aliphatic rings. The Kier molecular flexibility index (Phi) is 8.56. The largest absolute Gasteiger partial charge is 0.487 e. The molecule has 0 aromatic heterocycles. The Balaban J connectivity index is 1.83. The van der Waals surface area contributed by atoms with Crippen LogP contribution in [0.5, 0.6) is 11.5 Å². The number of carbonyl (C=O) groups is 1. The van der Waals surface area contributed by atoms with Crippen molar-refractivity contribution in [3.05, 3.63) is 77.9 Å². The van der Waals surface area contributed by atoms with Crippen molar-refractivity contribution < 1.29 is 28.5 Å². The number of hydrogen-bond acceptors (Lipinski definition) is 6. The Morgan fingerprint density at radius 2 is 1.58 bits per heavy atom. The van der Waals surface area contributed by atoms with Crippen LogP contribution >= 0.6 is 0 Å². The average Bonchev–Trinajstić information content (AvgIpc) is 3.19. The summed E-state index contributed by atoms with van der Waals surface area (Å²) in [5.74, 6) is 1.11. The van der Waals surface area contributed by atoms with Gasteiger partial charge in [0.05, 0.1) is 13.2 Å². The molecule has 0 aliphatic carbocycles. The lowest BCUT2D eigenvalue weighted by atomic mass is 10.0. The number of rotatable bonds is 11. The van der Waals surface area contributed by atoms with Crippen LogP contribution in [0, 0.1) is 0 Å². The summed E-state index contributed by atoms with van der Waals surface area (Å²) in [6.07, 6.45) is 0.767.